The summed E-state index contributed by atoms with van der Waals surface area (Å²) in [5, 5.41) is 17.1. The number of furan rings is 1. The van der Waals surface area contributed by atoms with Crippen LogP contribution >= 0.6 is 35.4 Å². The number of hydrogen-bond donors (Lipinski definition) is 2. The minimum Gasteiger partial charge on any atom is -0.496 e. The quantitative estimate of drug-likeness (QED) is 0.197. The Morgan fingerprint density at radius 1 is 1.16 bits per heavy atom. The smallest absolute Gasteiger partial charge is 0.296 e. The fourth-order valence-electron chi connectivity index (χ4n) is 2.65. The number of halogens is 2. The second-order valence-electron chi connectivity index (χ2n) is 6.28. The van der Waals surface area contributed by atoms with E-state index in [9.17, 15) is 14.9 Å². The molecule has 0 unspecified atom stereocenters. The lowest BCUT2D eigenvalue weighted by molar-refractivity contribution is -0.384. The molecule has 1 heterocycles. The van der Waals surface area contributed by atoms with Crippen molar-refractivity contribution in [3.63, 3.8) is 0 Å². The van der Waals surface area contributed by atoms with E-state index in [2.05, 4.69) is 10.6 Å². The lowest BCUT2D eigenvalue weighted by atomic mass is 10.2. The number of nitro groups is 1. The summed E-state index contributed by atoms with van der Waals surface area (Å²) in [4.78, 5) is 22.8. The van der Waals surface area contributed by atoms with Gasteiger partial charge in [0.15, 0.2) is 5.11 Å². The van der Waals surface area contributed by atoms with Crippen LogP contribution in [0.3, 0.4) is 0 Å². The number of hydrogen-bond acceptors (Lipinski definition) is 6. The van der Waals surface area contributed by atoms with E-state index in [-0.39, 0.29) is 16.5 Å². The molecule has 164 valence electrons. The Morgan fingerprint density at radius 2 is 1.88 bits per heavy atom. The first-order chi connectivity index (χ1) is 15.2. The Morgan fingerprint density at radius 3 is 2.53 bits per heavy atom. The molecule has 0 saturated heterocycles. The molecule has 0 fully saturated rings. The van der Waals surface area contributed by atoms with E-state index in [1.54, 1.807) is 30.3 Å². The second-order valence-corrected chi connectivity index (χ2v) is 7.56. The normalized spacial score (nSPS) is 10.7. The predicted molar refractivity (Wildman–Crippen MR) is 127 cm³/mol. The van der Waals surface area contributed by atoms with Gasteiger partial charge in [-0.15, -0.1) is 0 Å². The Hall–Kier alpha value is -3.40. The molecule has 8 nitrogen and oxygen atoms in total. The van der Waals surface area contributed by atoms with Crippen LogP contribution in [0.15, 0.2) is 59.0 Å². The largest absolute Gasteiger partial charge is 0.496 e. The second kappa shape index (κ2) is 10.3. The molecular formula is C21H15Cl2N3O5S. The van der Waals surface area contributed by atoms with Crippen LogP contribution in [0.5, 0.6) is 5.75 Å². The number of methoxy groups -OCH3 is 1. The van der Waals surface area contributed by atoms with E-state index in [1.807, 2.05) is 0 Å². The monoisotopic (exact) mass is 491 g/mol. The number of anilines is 1. The average molecular weight is 492 g/mol. The van der Waals surface area contributed by atoms with Crippen LogP contribution in [0.1, 0.15) is 5.76 Å². The highest BCUT2D eigenvalue weighted by Gasteiger charge is 2.16. The summed E-state index contributed by atoms with van der Waals surface area (Å²) in [6, 6.07) is 12.6. The molecule has 3 aromatic rings. The third-order valence-corrected chi connectivity index (χ3v) is 4.70. The molecule has 0 aliphatic carbocycles. The van der Waals surface area contributed by atoms with Gasteiger partial charge in [0.05, 0.1) is 18.1 Å². The van der Waals surface area contributed by atoms with Gasteiger partial charge in [-0.1, -0.05) is 23.2 Å². The van der Waals surface area contributed by atoms with Crippen LogP contribution in [-0.2, 0) is 4.79 Å². The highest BCUT2D eigenvalue weighted by atomic mass is 35.5. The molecule has 0 aliphatic rings. The molecule has 3 rings (SSSR count). The van der Waals surface area contributed by atoms with Crippen molar-refractivity contribution >= 4 is 63.9 Å². The van der Waals surface area contributed by atoms with E-state index >= 15 is 0 Å². The lowest BCUT2D eigenvalue weighted by Gasteiger charge is -2.09. The molecule has 0 aliphatic heterocycles. The summed E-state index contributed by atoms with van der Waals surface area (Å²) in [5.41, 5.74) is 0.555. The van der Waals surface area contributed by atoms with Gasteiger partial charge in [-0.05, 0) is 60.8 Å². The van der Waals surface area contributed by atoms with E-state index < -0.39 is 10.8 Å². The molecule has 2 aromatic carbocycles. The van der Waals surface area contributed by atoms with Crippen molar-refractivity contribution in [2.75, 3.05) is 12.4 Å². The average Bonchev–Trinajstić information content (AvgIpc) is 3.21. The number of carbonyl (C=O) groups excluding carboxylic acids is 1. The predicted octanol–water partition coefficient (Wildman–Crippen LogP) is 5.70. The number of rotatable bonds is 6. The Labute approximate surface area is 197 Å². The van der Waals surface area contributed by atoms with Gasteiger partial charge in [0.1, 0.15) is 23.0 Å². The highest BCUT2D eigenvalue weighted by molar-refractivity contribution is 7.80. The number of thiocarbonyl (C=S) groups is 1. The van der Waals surface area contributed by atoms with E-state index in [0.717, 1.165) is 0 Å². The van der Waals surface area contributed by atoms with E-state index in [1.165, 1.54) is 37.5 Å². The van der Waals surface area contributed by atoms with Gasteiger partial charge in [0.25, 0.3) is 5.69 Å². The van der Waals surface area contributed by atoms with Gasteiger partial charge in [-0.3, -0.25) is 20.2 Å². The number of nitrogens with one attached hydrogen (secondary N) is 2. The van der Waals surface area contributed by atoms with E-state index in [0.29, 0.717) is 32.9 Å². The van der Waals surface area contributed by atoms with Gasteiger partial charge in [-0.2, -0.15) is 0 Å². The summed E-state index contributed by atoms with van der Waals surface area (Å²) in [6.07, 6.45) is 2.66. The van der Waals surface area contributed by atoms with Crippen molar-refractivity contribution in [1.82, 2.24) is 5.32 Å². The summed E-state index contributed by atoms with van der Waals surface area (Å²) in [7, 11) is 1.40. The number of benzene rings is 2. The van der Waals surface area contributed by atoms with Gasteiger partial charge in [0, 0.05) is 21.7 Å². The summed E-state index contributed by atoms with van der Waals surface area (Å²) in [6.45, 7) is 0. The molecule has 0 bridgehead atoms. The van der Waals surface area contributed by atoms with Gasteiger partial charge in [0.2, 0.25) is 5.91 Å². The Balaban J connectivity index is 1.63. The van der Waals surface area contributed by atoms with Crippen molar-refractivity contribution < 1.29 is 18.9 Å². The molecule has 0 atom stereocenters. The molecule has 11 heteroatoms. The number of nitrogens with zero attached hydrogens (tertiary/aromatic N) is 1. The summed E-state index contributed by atoms with van der Waals surface area (Å²) in [5.74, 6) is 0.704. The lowest BCUT2D eigenvalue weighted by Crippen LogP contribution is -2.33. The van der Waals surface area contributed by atoms with Crippen molar-refractivity contribution in [3.8, 4) is 17.1 Å². The summed E-state index contributed by atoms with van der Waals surface area (Å²) < 4.78 is 10.7. The van der Waals surface area contributed by atoms with Crippen LogP contribution in [0, 0.1) is 10.1 Å². The van der Waals surface area contributed by atoms with Crippen LogP contribution in [0.2, 0.25) is 10.0 Å². The molecule has 32 heavy (non-hydrogen) atoms. The van der Waals surface area contributed by atoms with Crippen LogP contribution < -0.4 is 15.4 Å². The van der Waals surface area contributed by atoms with Crippen molar-refractivity contribution in [2.24, 2.45) is 0 Å². The van der Waals surface area contributed by atoms with Crippen molar-refractivity contribution in [3.05, 3.63) is 80.5 Å². The van der Waals surface area contributed by atoms with Crippen molar-refractivity contribution in [1.29, 1.82) is 0 Å². The molecule has 0 spiro atoms. The van der Waals surface area contributed by atoms with Crippen molar-refractivity contribution in [2.45, 2.75) is 0 Å². The van der Waals surface area contributed by atoms with E-state index in [4.69, 9.17) is 44.6 Å². The fourth-order valence-corrected chi connectivity index (χ4v) is 3.39. The fraction of sp³-hybridized carbons (Fsp3) is 0.0476. The van der Waals surface area contributed by atoms with Crippen LogP contribution in [0.4, 0.5) is 11.4 Å². The van der Waals surface area contributed by atoms with Crippen LogP contribution in [0.25, 0.3) is 17.4 Å². The van der Waals surface area contributed by atoms with Gasteiger partial charge >= 0.3 is 0 Å². The Kier molecular flexibility index (Phi) is 7.47. The SMILES string of the molecule is COc1ccc(NC(=S)NC(=O)/C=C/c2ccc(-c3cc(Cl)cc(Cl)c3)o2)c([N+](=O)[O-])c1. The molecule has 1 aromatic heterocycles. The summed E-state index contributed by atoms with van der Waals surface area (Å²) >= 11 is 17.1. The maximum atomic E-state index is 12.1. The first kappa shape index (κ1) is 23.3. The van der Waals surface area contributed by atoms with Crippen LogP contribution in [-0.4, -0.2) is 23.1 Å². The molecule has 0 radical (unpaired) electrons. The minimum absolute atomic E-state index is 0.110. The minimum atomic E-state index is -0.587. The Bertz CT molecular complexity index is 1210. The number of ether oxygens (including phenoxy) is 1. The standard InChI is InChI=1S/C21H15Cl2N3O5S/c1-30-16-2-5-17(18(11-16)26(28)29)24-21(32)25-20(27)7-4-15-3-6-19(31-15)12-8-13(22)10-14(23)9-12/h2-11H,1H3,(H2,24,25,27,32)/b7-4+. The maximum Gasteiger partial charge on any atom is 0.296 e. The maximum absolute atomic E-state index is 12.1. The van der Waals surface area contributed by atoms with Gasteiger partial charge in [-0.25, -0.2) is 0 Å². The third kappa shape index (κ3) is 6.07. The zero-order valence-electron chi connectivity index (χ0n) is 16.4. The molecule has 0 saturated carbocycles. The topological polar surface area (TPSA) is 107 Å². The number of nitro benzene ring substituents is 1. The molecule has 2 N–H and O–H groups in total. The number of amides is 1. The molecule has 1 amide bonds. The first-order valence-corrected chi connectivity index (χ1v) is 10.1. The first-order valence-electron chi connectivity index (χ1n) is 8.94. The van der Waals surface area contributed by atoms with Gasteiger partial charge < -0.3 is 14.5 Å². The third-order valence-electron chi connectivity index (χ3n) is 4.06. The molecular weight excluding hydrogens is 477 g/mol. The zero-order chi connectivity index (χ0) is 23.3. The number of carbonyl (C=O) groups is 1. The highest BCUT2D eigenvalue weighted by Crippen LogP contribution is 2.30. The zero-order valence-corrected chi connectivity index (χ0v) is 18.8.